The van der Waals surface area contributed by atoms with Crippen LogP contribution in [0.25, 0.3) is 0 Å². The van der Waals surface area contributed by atoms with Gasteiger partial charge in [-0.2, -0.15) is 0 Å². The fraction of sp³-hybridized carbons (Fsp3) is 0.519. The van der Waals surface area contributed by atoms with E-state index in [0.29, 0.717) is 30.3 Å². The maximum atomic E-state index is 13.1. The van der Waals surface area contributed by atoms with Gasteiger partial charge in [-0.25, -0.2) is 4.79 Å². The second kappa shape index (κ2) is 11.4. The summed E-state index contributed by atoms with van der Waals surface area (Å²) in [7, 11) is 1.60. The van der Waals surface area contributed by atoms with Crippen LogP contribution in [-0.2, 0) is 23.7 Å². The summed E-state index contributed by atoms with van der Waals surface area (Å²) in [6.07, 6.45) is -1.55. The van der Waals surface area contributed by atoms with Crippen molar-refractivity contribution in [2.75, 3.05) is 20.3 Å². The fourth-order valence-electron chi connectivity index (χ4n) is 4.13. The van der Waals surface area contributed by atoms with Gasteiger partial charge in [-0.05, 0) is 56.7 Å². The van der Waals surface area contributed by atoms with Gasteiger partial charge in [-0.1, -0.05) is 31.5 Å². The average Bonchev–Trinajstić information content (AvgIpc) is 2.86. The van der Waals surface area contributed by atoms with E-state index in [1.165, 1.54) is 0 Å². The Hall–Kier alpha value is -2.65. The summed E-state index contributed by atoms with van der Waals surface area (Å²) in [6, 6.07) is 15.9. The van der Waals surface area contributed by atoms with Crippen LogP contribution >= 0.6 is 0 Å². The molecule has 0 spiro atoms. The molecule has 0 aromatic heterocycles. The lowest BCUT2D eigenvalue weighted by Gasteiger charge is -2.50. The molecule has 2 unspecified atom stereocenters. The molecule has 0 amide bonds. The van der Waals surface area contributed by atoms with Crippen LogP contribution in [0.2, 0.25) is 0 Å². The molecule has 2 heterocycles. The van der Waals surface area contributed by atoms with E-state index < -0.39 is 42.5 Å². The van der Waals surface area contributed by atoms with Gasteiger partial charge in [0.05, 0.1) is 19.3 Å². The number of carbonyl (C=O) groups excluding carboxylic acids is 1. The molecule has 8 heteroatoms. The average molecular weight is 487 g/mol. The van der Waals surface area contributed by atoms with Gasteiger partial charge in [0.2, 0.25) is 6.29 Å². The van der Waals surface area contributed by atoms with E-state index in [1.807, 2.05) is 19.9 Å². The summed E-state index contributed by atoms with van der Waals surface area (Å²) in [5.41, 5.74) is 0.429. The van der Waals surface area contributed by atoms with Crippen LogP contribution in [0.1, 0.15) is 44.0 Å². The van der Waals surface area contributed by atoms with Gasteiger partial charge in [0.1, 0.15) is 29.8 Å². The molecule has 2 saturated heterocycles. The zero-order chi connectivity index (χ0) is 24.8. The molecule has 0 saturated carbocycles. The lowest BCUT2D eigenvalue weighted by atomic mass is 9.96. The number of rotatable bonds is 9. The molecule has 0 radical (unpaired) electrons. The predicted molar refractivity (Wildman–Crippen MR) is 127 cm³/mol. The van der Waals surface area contributed by atoms with E-state index in [1.54, 1.807) is 55.6 Å². The van der Waals surface area contributed by atoms with Crippen LogP contribution < -0.4 is 9.47 Å². The van der Waals surface area contributed by atoms with Gasteiger partial charge in [0, 0.05) is 6.61 Å². The molecule has 2 fully saturated rings. The monoisotopic (exact) mass is 486 g/mol. The van der Waals surface area contributed by atoms with Gasteiger partial charge in [-0.15, -0.1) is 0 Å². The minimum atomic E-state index is -0.933. The number of carbonyl (C=O) groups is 1. The van der Waals surface area contributed by atoms with Crippen molar-refractivity contribution >= 4 is 5.97 Å². The Morgan fingerprint density at radius 3 is 2.43 bits per heavy atom. The van der Waals surface area contributed by atoms with E-state index in [9.17, 15) is 4.79 Å². The molecule has 35 heavy (non-hydrogen) atoms. The summed E-state index contributed by atoms with van der Waals surface area (Å²) in [4.78, 5) is 13.1. The molecule has 0 bridgehead atoms. The Kier molecular flexibility index (Phi) is 8.28. The summed E-state index contributed by atoms with van der Waals surface area (Å²) in [6.45, 7) is 6.57. The summed E-state index contributed by atoms with van der Waals surface area (Å²) < 4.78 is 42.1. The van der Waals surface area contributed by atoms with Gasteiger partial charge in [0.25, 0.3) is 0 Å². The first-order valence-electron chi connectivity index (χ1n) is 12.1. The standard InChI is InChI=1S/C27H34O8/c1-5-6-16-30-23-22-21(17-31-27(2,3)35-22)33-26(32-20-14-12-19(29-4)13-15-20)24(23)34-25(28)18-10-8-7-9-11-18/h7-15,21-24,26H,5-6,16-17H2,1-4H3/t21?,22-,23?,24+,26-/m1/s1. The van der Waals surface area contributed by atoms with Gasteiger partial charge in [-0.3, -0.25) is 0 Å². The number of esters is 1. The number of hydrogen-bond acceptors (Lipinski definition) is 8. The third-order valence-corrected chi connectivity index (χ3v) is 5.98. The second-order valence-electron chi connectivity index (χ2n) is 9.05. The molecule has 190 valence electrons. The number of hydrogen-bond donors (Lipinski definition) is 0. The Morgan fingerprint density at radius 2 is 1.74 bits per heavy atom. The highest BCUT2D eigenvalue weighted by Crippen LogP contribution is 2.36. The van der Waals surface area contributed by atoms with E-state index in [2.05, 4.69) is 6.92 Å². The zero-order valence-electron chi connectivity index (χ0n) is 20.7. The van der Waals surface area contributed by atoms with Crippen molar-refractivity contribution in [3.8, 4) is 11.5 Å². The second-order valence-corrected chi connectivity index (χ2v) is 9.05. The predicted octanol–water partition coefficient (Wildman–Crippen LogP) is 4.36. The Bertz CT molecular complexity index is 945. The number of benzene rings is 2. The van der Waals surface area contributed by atoms with Crippen molar-refractivity contribution in [1.82, 2.24) is 0 Å². The lowest BCUT2D eigenvalue weighted by Crippen LogP contribution is -2.66. The summed E-state index contributed by atoms with van der Waals surface area (Å²) in [5.74, 6) is -0.0722. The molecular weight excluding hydrogens is 452 g/mol. The Morgan fingerprint density at radius 1 is 1.03 bits per heavy atom. The minimum absolute atomic E-state index is 0.299. The minimum Gasteiger partial charge on any atom is -0.497 e. The van der Waals surface area contributed by atoms with Crippen molar-refractivity contribution < 1.29 is 38.0 Å². The lowest BCUT2D eigenvalue weighted by molar-refractivity contribution is -0.376. The van der Waals surface area contributed by atoms with Crippen LogP contribution in [0.4, 0.5) is 0 Å². The fourth-order valence-corrected chi connectivity index (χ4v) is 4.13. The molecule has 0 aliphatic carbocycles. The first-order chi connectivity index (χ1) is 16.9. The highest BCUT2D eigenvalue weighted by atomic mass is 16.8. The van der Waals surface area contributed by atoms with Gasteiger partial charge >= 0.3 is 5.97 Å². The smallest absolute Gasteiger partial charge is 0.338 e. The Labute approximate surface area is 206 Å². The third-order valence-electron chi connectivity index (χ3n) is 5.98. The molecular formula is C27H34O8. The highest BCUT2D eigenvalue weighted by molar-refractivity contribution is 5.89. The number of fused-ring (bicyclic) bond motifs is 1. The molecule has 4 rings (SSSR count). The van der Waals surface area contributed by atoms with Gasteiger partial charge < -0.3 is 33.2 Å². The van der Waals surface area contributed by atoms with Crippen LogP contribution in [0.5, 0.6) is 11.5 Å². The van der Waals surface area contributed by atoms with E-state index in [-0.39, 0.29) is 0 Å². The normalized spacial score (nSPS) is 27.5. The van der Waals surface area contributed by atoms with Crippen molar-refractivity contribution in [1.29, 1.82) is 0 Å². The van der Waals surface area contributed by atoms with Crippen molar-refractivity contribution in [2.45, 2.75) is 70.1 Å². The molecule has 2 aromatic carbocycles. The maximum Gasteiger partial charge on any atom is 0.338 e. The number of ether oxygens (including phenoxy) is 7. The quantitative estimate of drug-likeness (QED) is 0.382. The summed E-state index contributed by atoms with van der Waals surface area (Å²) >= 11 is 0. The van der Waals surface area contributed by atoms with Crippen molar-refractivity contribution in [2.24, 2.45) is 0 Å². The molecule has 2 aromatic rings. The zero-order valence-corrected chi connectivity index (χ0v) is 20.7. The van der Waals surface area contributed by atoms with Crippen LogP contribution in [0.15, 0.2) is 54.6 Å². The molecule has 8 nitrogen and oxygen atoms in total. The summed E-state index contributed by atoms with van der Waals surface area (Å²) in [5, 5.41) is 0. The van der Waals surface area contributed by atoms with Crippen LogP contribution in [0.3, 0.4) is 0 Å². The SMILES string of the molecule is CCCCOC1[C@@H]2OC(C)(C)OCC2O[C@@H](Oc2ccc(OC)cc2)[C@H]1OC(=O)c1ccccc1. The van der Waals surface area contributed by atoms with Crippen LogP contribution in [-0.4, -0.2) is 62.8 Å². The molecule has 2 aliphatic rings. The van der Waals surface area contributed by atoms with E-state index >= 15 is 0 Å². The first-order valence-corrected chi connectivity index (χ1v) is 12.1. The number of methoxy groups -OCH3 is 1. The number of unbranched alkanes of at least 4 members (excludes halogenated alkanes) is 1. The third kappa shape index (κ3) is 6.32. The molecule has 0 N–H and O–H groups in total. The Balaban J connectivity index is 1.63. The van der Waals surface area contributed by atoms with Gasteiger partial charge in [0.15, 0.2) is 11.9 Å². The first kappa shape index (κ1) is 25.4. The van der Waals surface area contributed by atoms with Crippen molar-refractivity contribution in [3.63, 3.8) is 0 Å². The van der Waals surface area contributed by atoms with E-state index in [4.69, 9.17) is 33.2 Å². The van der Waals surface area contributed by atoms with Crippen LogP contribution in [0, 0.1) is 0 Å². The topological polar surface area (TPSA) is 81.7 Å². The van der Waals surface area contributed by atoms with E-state index in [0.717, 1.165) is 12.8 Å². The largest absolute Gasteiger partial charge is 0.497 e. The maximum absolute atomic E-state index is 13.1. The molecule has 2 aliphatic heterocycles. The molecule has 5 atom stereocenters. The van der Waals surface area contributed by atoms with Crippen molar-refractivity contribution in [3.05, 3.63) is 60.2 Å². The highest BCUT2D eigenvalue weighted by Gasteiger charge is 2.54.